The van der Waals surface area contributed by atoms with Gasteiger partial charge in [0, 0.05) is 11.5 Å². The van der Waals surface area contributed by atoms with E-state index in [4.69, 9.17) is 9.47 Å². The smallest absolute Gasteiger partial charge is 0.319 e. The average molecular weight is 403 g/mol. The van der Waals surface area contributed by atoms with Crippen LogP contribution in [0.5, 0.6) is 5.75 Å². The highest BCUT2D eigenvalue weighted by molar-refractivity contribution is 8.03. The first-order valence-electron chi connectivity index (χ1n) is 9.55. The number of nitrogens with one attached hydrogen (secondary N) is 1. The van der Waals surface area contributed by atoms with Crippen LogP contribution in [0.15, 0.2) is 34.9 Å². The zero-order valence-corrected chi connectivity index (χ0v) is 17.3. The number of carbonyl (C=O) groups excluding carboxylic acids is 2. The Morgan fingerprint density at radius 2 is 2.00 bits per heavy atom. The van der Waals surface area contributed by atoms with Crippen molar-refractivity contribution < 1.29 is 19.1 Å². The molecule has 0 saturated heterocycles. The monoisotopic (exact) mass is 402 g/mol. The van der Waals surface area contributed by atoms with Gasteiger partial charge in [-0.15, -0.1) is 11.8 Å². The molecule has 1 aromatic rings. The van der Waals surface area contributed by atoms with Gasteiger partial charge < -0.3 is 14.8 Å². The predicted octanol–water partition coefficient (Wildman–Crippen LogP) is 3.75. The molecule has 1 aliphatic rings. The van der Waals surface area contributed by atoms with Crippen LogP contribution in [0.25, 0.3) is 0 Å². The number of esters is 1. The number of nitrogens with zero attached hydrogens (tertiary/aromatic N) is 1. The maximum Gasteiger partial charge on any atom is 0.319 e. The van der Waals surface area contributed by atoms with Crippen molar-refractivity contribution in [3.05, 3.63) is 40.4 Å². The number of benzene rings is 1. The molecular weight excluding hydrogens is 376 g/mol. The minimum atomic E-state index is -1.13. The van der Waals surface area contributed by atoms with Crippen LogP contribution in [-0.2, 0) is 14.3 Å². The van der Waals surface area contributed by atoms with Crippen molar-refractivity contribution in [2.45, 2.75) is 39.5 Å². The van der Waals surface area contributed by atoms with Crippen LogP contribution in [0.1, 0.15) is 45.1 Å². The molecule has 0 aliphatic carbocycles. The molecule has 28 heavy (non-hydrogen) atoms. The molecule has 0 aromatic heterocycles. The number of unbranched alkanes of at least 4 members (excludes halogenated alkanes) is 1. The van der Waals surface area contributed by atoms with Crippen LogP contribution in [0.3, 0.4) is 0 Å². The highest BCUT2D eigenvalue weighted by Crippen LogP contribution is 2.43. The molecule has 2 rings (SSSR count). The third kappa shape index (κ3) is 4.87. The number of para-hydroxylation sites is 1. The lowest BCUT2D eigenvalue weighted by Crippen LogP contribution is -2.44. The fraction of sp³-hybridized carbons (Fsp3) is 0.476. The van der Waals surface area contributed by atoms with Crippen molar-refractivity contribution in [2.24, 2.45) is 5.92 Å². The summed E-state index contributed by atoms with van der Waals surface area (Å²) in [5.74, 6) is -1.63. The van der Waals surface area contributed by atoms with Crippen molar-refractivity contribution in [1.29, 1.82) is 5.26 Å². The van der Waals surface area contributed by atoms with Crippen molar-refractivity contribution in [1.82, 2.24) is 5.32 Å². The van der Waals surface area contributed by atoms with Crippen molar-refractivity contribution in [3.63, 3.8) is 0 Å². The fourth-order valence-corrected chi connectivity index (χ4v) is 4.24. The molecule has 0 spiro atoms. The highest BCUT2D eigenvalue weighted by atomic mass is 32.2. The Bertz CT molecular complexity index is 785. The summed E-state index contributed by atoms with van der Waals surface area (Å²) in [6.07, 6.45) is 1.97. The first-order chi connectivity index (χ1) is 13.6. The van der Waals surface area contributed by atoms with Crippen LogP contribution in [0.4, 0.5) is 0 Å². The van der Waals surface area contributed by atoms with Gasteiger partial charge in [0.15, 0.2) is 0 Å². The molecule has 1 heterocycles. The highest BCUT2D eigenvalue weighted by Gasteiger charge is 2.45. The van der Waals surface area contributed by atoms with Crippen LogP contribution >= 0.6 is 11.8 Å². The Morgan fingerprint density at radius 1 is 1.25 bits per heavy atom. The molecule has 0 unspecified atom stereocenters. The molecular formula is C21H26N2O4S. The molecule has 1 aliphatic heterocycles. The summed E-state index contributed by atoms with van der Waals surface area (Å²) in [5, 5.41) is 13.2. The standard InChI is InChI=1S/C21H26N2O4S/c1-4-7-12-28-20-15(13-22)17(14-10-8-9-11-16(14)26-5-2)18(19(24)23-20)21(25)27-6-3/h8-11,17-18H,4-7,12H2,1-3H3,(H,23,24)/t17-,18-/m0/s1. The number of ether oxygens (including phenoxy) is 2. The van der Waals surface area contributed by atoms with E-state index in [0.29, 0.717) is 28.5 Å². The second-order valence-electron chi connectivity index (χ2n) is 6.22. The molecule has 6 nitrogen and oxygen atoms in total. The van der Waals surface area contributed by atoms with E-state index in [1.165, 1.54) is 11.8 Å². The number of nitriles is 1. The van der Waals surface area contributed by atoms with E-state index in [0.717, 1.165) is 18.6 Å². The maximum atomic E-state index is 12.9. The van der Waals surface area contributed by atoms with Crippen LogP contribution in [-0.4, -0.2) is 30.8 Å². The van der Waals surface area contributed by atoms with Crippen molar-refractivity contribution in [3.8, 4) is 11.8 Å². The number of allylic oxidation sites excluding steroid dienone is 1. The molecule has 1 aromatic carbocycles. The first kappa shape index (κ1) is 21.8. The van der Waals surface area contributed by atoms with Crippen molar-refractivity contribution >= 4 is 23.6 Å². The van der Waals surface area contributed by atoms with Gasteiger partial charge in [-0.05, 0) is 32.1 Å². The van der Waals surface area contributed by atoms with Crippen LogP contribution in [0.2, 0.25) is 0 Å². The van der Waals surface area contributed by atoms with Gasteiger partial charge in [0.2, 0.25) is 5.91 Å². The third-order valence-corrected chi connectivity index (χ3v) is 5.47. The van der Waals surface area contributed by atoms with E-state index in [2.05, 4.69) is 18.3 Å². The summed E-state index contributed by atoms with van der Waals surface area (Å²) in [6.45, 7) is 6.22. The second kappa shape index (κ2) is 10.8. The summed E-state index contributed by atoms with van der Waals surface area (Å²) in [4.78, 5) is 25.5. The lowest BCUT2D eigenvalue weighted by atomic mass is 9.78. The summed E-state index contributed by atoms with van der Waals surface area (Å²) in [5.41, 5.74) is 1.01. The van der Waals surface area contributed by atoms with Crippen molar-refractivity contribution in [2.75, 3.05) is 19.0 Å². The number of thioether (sulfide) groups is 1. The van der Waals surface area contributed by atoms with Gasteiger partial charge in [0.1, 0.15) is 11.7 Å². The number of amides is 1. The quantitative estimate of drug-likeness (QED) is 0.384. The molecule has 2 atom stereocenters. The third-order valence-electron chi connectivity index (χ3n) is 4.37. The zero-order chi connectivity index (χ0) is 20.5. The number of hydrogen-bond donors (Lipinski definition) is 1. The van der Waals surface area contributed by atoms with Gasteiger partial charge in [-0.2, -0.15) is 5.26 Å². The largest absolute Gasteiger partial charge is 0.494 e. The Morgan fingerprint density at radius 3 is 2.64 bits per heavy atom. The molecule has 0 saturated carbocycles. The Labute approximate surface area is 170 Å². The average Bonchev–Trinajstić information content (AvgIpc) is 2.68. The van der Waals surface area contributed by atoms with E-state index in [-0.39, 0.29) is 6.61 Å². The summed E-state index contributed by atoms with van der Waals surface area (Å²) in [7, 11) is 0. The van der Waals surface area contributed by atoms with E-state index in [9.17, 15) is 14.9 Å². The number of hydrogen-bond acceptors (Lipinski definition) is 6. The van der Waals surface area contributed by atoms with Gasteiger partial charge >= 0.3 is 5.97 Å². The van der Waals surface area contributed by atoms with Gasteiger partial charge in [-0.3, -0.25) is 9.59 Å². The van der Waals surface area contributed by atoms with E-state index in [1.807, 2.05) is 19.1 Å². The van der Waals surface area contributed by atoms with Crippen LogP contribution in [0, 0.1) is 17.2 Å². The first-order valence-corrected chi connectivity index (χ1v) is 10.5. The summed E-state index contributed by atoms with van der Waals surface area (Å²) < 4.78 is 10.9. The summed E-state index contributed by atoms with van der Waals surface area (Å²) in [6, 6.07) is 9.44. The Balaban J connectivity index is 2.59. The SMILES string of the molecule is CCCCSC1=C(C#N)[C@H](c2ccccc2OCC)[C@H](C(=O)OCC)C(=O)N1. The van der Waals surface area contributed by atoms with Crippen LogP contribution < -0.4 is 10.1 Å². The molecule has 1 amide bonds. The van der Waals surface area contributed by atoms with E-state index in [1.54, 1.807) is 19.1 Å². The minimum absolute atomic E-state index is 0.159. The van der Waals surface area contributed by atoms with Gasteiger partial charge in [-0.1, -0.05) is 31.5 Å². The molecule has 0 bridgehead atoms. The zero-order valence-electron chi connectivity index (χ0n) is 16.5. The van der Waals surface area contributed by atoms with E-state index >= 15 is 0 Å². The summed E-state index contributed by atoms with van der Waals surface area (Å²) >= 11 is 1.44. The maximum absolute atomic E-state index is 12.9. The molecule has 7 heteroatoms. The second-order valence-corrected chi connectivity index (χ2v) is 7.33. The Kier molecular flexibility index (Phi) is 8.40. The number of carbonyl (C=O) groups is 2. The lowest BCUT2D eigenvalue weighted by molar-refractivity contribution is -0.152. The van der Waals surface area contributed by atoms with Gasteiger partial charge in [0.05, 0.1) is 29.9 Å². The topological polar surface area (TPSA) is 88.4 Å². The predicted molar refractivity (Wildman–Crippen MR) is 109 cm³/mol. The Hall–Kier alpha value is -2.46. The van der Waals surface area contributed by atoms with E-state index < -0.39 is 23.7 Å². The lowest BCUT2D eigenvalue weighted by Gasteiger charge is -2.32. The number of rotatable bonds is 9. The molecule has 0 fully saturated rings. The molecule has 150 valence electrons. The van der Waals surface area contributed by atoms with Gasteiger partial charge in [0.25, 0.3) is 0 Å². The normalized spacial score (nSPS) is 19.0. The molecule has 1 N–H and O–H groups in total. The van der Waals surface area contributed by atoms with Gasteiger partial charge in [-0.25, -0.2) is 0 Å². The molecule has 0 radical (unpaired) electrons. The minimum Gasteiger partial charge on any atom is -0.494 e. The fourth-order valence-electron chi connectivity index (χ4n) is 3.10.